The van der Waals surface area contributed by atoms with Crippen LogP contribution in [0.25, 0.3) is 16.2 Å². The van der Waals surface area contributed by atoms with Crippen LogP contribution in [0, 0.1) is 12.7 Å². The van der Waals surface area contributed by atoms with Gasteiger partial charge in [0, 0.05) is 54.3 Å². The molecule has 2 aromatic heterocycles. The largest absolute Gasteiger partial charge is 0.368 e. The van der Waals surface area contributed by atoms with Crippen molar-refractivity contribution >= 4 is 39.5 Å². The molecule has 158 valence electrons. The van der Waals surface area contributed by atoms with Crippen molar-refractivity contribution in [2.24, 2.45) is 0 Å². The highest BCUT2D eigenvalue weighted by Crippen LogP contribution is 2.29. The van der Waals surface area contributed by atoms with Crippen LogP contribution in [0.15, 0.2) is 54.7 Å². The van der Waals surface area contributed by atoms with E-state index >= 15 is 0 Å². The Kier molecular flexibility index (Phi) is 5.16. The second kappa shape index (κ2) is 7.98. The number of anilines is 1. The summed E-state index contributed by atoms with van der Waals surface area (Å²) >= 11 is 7.51. The van der Waals surface area contributed by atoms with Crippen molar-refractivity contribution in [3.05, 3.63) is 76.1 Å². The van der Waals surface area contributed by atoms with Gasteiger partial charge in [-0.05, 0) is 49.4 Å². The molecule has 0 spiro atoms. The molecule has 0 bridgehead atoms. The number of benzene rings is 2. The SMILES string of the molecule is Cc1c(C(=O)N2CCN(c3cccc(Cl)c3)CC2)sc2nc(-c3ccc(F)cc3)cn12. The molecule has 8 heteroatoms. The summed E-state index contributed by atoms with van der Waals surface area (Å²) in [4.78, 5) is 23.5. The van der Waals surface area contributed by atoms with Gasteiger partial charge in [-0.25, -0.2) is 9.37 Å². The fraction of sp³-hybridized carbons (Fsp3) is 0.217. The molecule has 1 saturated heterocycles. The van der Waals surface area contributed by atoms with Crippen molar-refractivity contribution in [1.29, 1.82) is 0 Å². The summed E-state index contributed by atoms with van der Waals surface area (Å²) in [5.41, 5.74) is 3.58. The zero-order valence-electron chi connectivity index (χ0n) is 16.9. The molecule has 4 aromatic rings. The second-order valence-electron chi connectivity index (χ2n) is 7.56. The number of carbonyl (C=O) groups excluding carboxylic acids is 1. The van der Waals surface area contributed by atoms with Crippen molar-refractivity contribution in [3.8, 4) is 11.3 Å². The maximum atomic E-state index is 13.2. The standard InChI is InChI=1S/C23H20ClFN4OS/c1-15-21(31-23-26-20(14-29(15)23)16-5-7-18(25)8-6-16)22(30)28-11-9-27(10-12-28)19-4-2-3-17(24)13-19/h2-8,13-14H,9-12H2,1H3. The van der Waals surface area contributed by atoms with E-state index in [9.17, 15) is 9.18 Å². The number of aryl methyl sites for hydroxylation is 1. The van der Waals surface area contributed by atoms with Crippen molar-refractivity contribution in [2.45, 2.75) is 6.92 Å². The first-order valence-electron chi connectivity index (χ1n) is 10.0. The summed E-state index contributed by atoms with van der Waals surface area (Å²) in [6.07, 6.45) is 1.91. The quantitative estimate of drug-likeness (QED) is 0.431. The minimum absolute atomic E-state index is 0.0436. The van der Waals surface area contributed by atoms with Gasteiger partial charge in [0.2, 0.25) is 0 Å². The lowest BCUT2D eigenvalue weighted by atomic mass is 10.2. The molecule has 0 aliphatic carbocycles. The third-order valence-electron chi connectivity index (χ3n) is 5.63. The number of nitrogens with zero attached hydrogens (tertiary/aromatic N) is 4. The molecule has 0 radical (unpaired) electrons. The number of hydrogen-bond acceptors (Lipinski definition) is 4. The number of piperazine rings is 1. The molecule has 0 saturated carbocycles. The Morgan fingerprint density at radius 1 is 1.10 bits per heavy atom. The number of aromatic nitrogens is 2. The molecule has 3 heterocycles. The number of rotatable bonds is 3. The van der Waals surface area contributed by atoms with E-state index in [4.69, 9.17) is 11.6 Å². The first-order chi connectivity index (χ1) is 15.0. The van der Waals surface area contributed by atoms with Crippen molar-refractivity contribution in [1.82, 2.24) is 14.3 Å². The van der Waals surface area contributed by atoms with Gasteiger partial charge in [0.1, 0.15) is 10.7 Å². The summed E-state index contributed by atoms with van der Waals surface area (Å²) < 4.78 is 15.1. The zero-order chi connectivity index (χ0) is 21.5. The molecular weight excluding hydrogens is 435 g/mol. The first-order valence-corrected chi connectivity index (χ1v) is 11.2. The first kappa shape index (κ1) is 20.0. The zero-order valence-corrected chi connectivity index (χ0v) is 18.5. The fourth-order valence-corrected chi connectivity index (χ4v) is 5.15. The predicted molar refractivity (Wildman–Crippen MR) is 123 cm³/mol. The predicted octanol–water partition coefficient (Wildman–Crippen LogP) is 5.13. The summed E-state index contributed by atoms with van der Waals surface area (Å²) in [6.45, 7) is 4.79. The number of fused-ring (bicyclic) bond motifs is 1. The van der Waals surface area contributed by atoms with Crippen LogP contribution in [0.2, 0.25) is 5.02 Å². The monoisotopic (exact) mass is 454 g/mol. The number of imidazole rings is 1. The highest BCUT2D eigenvalue weighted by Gasteiger charge is 2.26. The van der Waals surface area contributed by atoms with Gasteiger partial charge in [0.15, 0.2) is 4.96 Å². The Morgan fingerprint density at radius 3 is 2.52 bits per heavy atom. The van der Waals surface area contributed by atoms with Crippen LogP contribution in [0.4, 0.5) is 10.1 Å². The number of amides is 1. The summed E-state index contributed by atoms with van der Waals surface area (Å²) in [5.74, 6) is -0.230. The lowest BCUT2D eigenvalue weighted by Crippen LogP contribution is -2.48. The smallest absolute Gasteiger partial charge is 0.265 e. The molecule has 2 aromatic carbocycles. The van der Waals surface area contributed by atoms with Crippen LogP contribution in [-0.4, -0.2) is 46.4 Å². The third-order valence-corrected chi connectivity index (χ3v) is 7.01. The molecular formula is C23H20ClFN4OS. The van der Waals surface area contributed by atoms with E-state index < -0.39 is 0 Å². The summed E-state index contributed by atoms with van der Waals surface area (Å²) in [7, 11) is 0. The fourth-order valence-electron chi connectivity index (χ4n) is 3.89. The van der Waals surface area contributed by atoms with Crippen LogP contribution in [0.3, 0.4) is 0 Å². The van der Waals surface area contributed by atoms with E-state index in [1.54, 1.807) is 12.1 Å². The molecule has 5 nitrogen and oxygen atoms in total. The minimum Gasteiger partial charge on any atom is -0.368 e. The van der Waals surface area contributed by atoms with Gasteiger partial charge in [0.25, 0.3) is 5.91 Å². The summed E-state index contributed by atoms with van der Waals surface area (Å²) in [5, 5.41) is 0.716. The van der Waals surface area contributed by atoms with Gasteiger partial charge in [-0.15, -0.1) is 0 Å². The van der Waals surface area contributed by atoms with Gasteiger partial charge >= 0.3 is 0 Å². The Morgan fingerprint density at radius 2 is 1.84 bits per heavy atom. The maximum Gasteiger partial charge on any atom is 0.265 e. The molecule has 0 unspecified atom stereocenters. The van der Waals surface area contributed by atoms with Gasteiger partial charge in [-0.3, -0.25) is 9.20 Å². The van der Waals surface area contributed by atoms with Crippen molar-refractivity contribution in [2.75, 3.05) is 31.1 Å². The highest BCUT2D eigenvalue weighted by atomic mass is 35.5. The van der Waals surface area contributed by atoms with Gasteiger partial charge in [0.05, 0.1) is 5.69 Å². The van der Waals surface area contributed by atoms with E-state index in [-0.39, 0.29) is 11.7 Å². The van der Waals surface area contributed by atoms with Gasteiger partial charge in [-0.1, -0.05) is 29.0 Å². The number of halogens is 2. The Hall–Kier alpha value is -2.90. The number of carbonyl (C=O) groups is 1. The lowest BCUT2D eigenvalue weighted by Gasteiger charge is -2.36. The van der Waals surface area contributed by atoms with Crippen LogP contribution in [-0.2, 0) is 0 Å². The van der Waals surface area contributed by atoms with Crippen LogP contribution in [0.1, 0.15) is 15.4 Å². The molecule has 1 amide bonds. The molecule has 1 aliphatic heterocycles. The van der Waals surface area contributed by atoms with Gasteiger partial charge in [-0.2, -0.15) is 0 Å². The van der Waals surface area contributed by atoms with E-state index in [1.807, 2.05) is 46.7 Å². The van der Waals surface area contributed by atoms with Crippen LogP contribution < -0.4 is 4.90 Å². The Bertz CT molecular complexity index is 1260. The van der Waals surface area contributed by atoms with E-state index in [0.717, 1.165) is 40.7 Å². The highest BCUT2D eigenvalue weighted by molar-refractivity contribution is 7.19. The number of hydrogen-bond donors (Lipinski definition) is 0. The molecule has 0 N–H and O–H groups in total. The second-order valence-corrected chi connectivity index (χ2v) is 8.98. The Balaban J connectivity index is 1.32. The maximum absolute atomic E-state index is 13.2. The normalized spacial score (nSPS) is 14.4. The molecule has 0 atom stereocenters. The lowest BCUT2D eigenvalue weighted by molar-refractivity contribution is 0.0750. The molecule has 31 heavy (non-hydrogen) atoms. The third kappa shape index (κ3) is 3.79. The average Bonchev–Trinajstić information content (AvgIpc) is 3.33. The van der Waals surface area contributed by atoms with Crippen molar-refractivity contribution in [3.63, 3.8) is 0 Å². The minimum atomic E-state index is -0.274. The van der Waals surface area contributed by atoms with Gasteiger partial charge < -0.3 is 9.80 Å². The van der Waals surface area contributed by atoms with E-state index in [2.05, 4.69) is 9.88 Å². The molecule has 5 rings (SSSR count). The average molecular weight is 455 g/mol. The van der Waals surface area contributed by atoms with Crippen LogP contribution >= 0.6 is 22.9 Å². The number of thiazole rings is 1. The molecule has 1 fully saturated rings. The topological polar surface area (TPSA) is 40.9 Å². The Labute approximate surface area is 188 Å². The van der Waals surface area contributed by atoms with E-state index in [1.165, 1.54) is 23.5 Å². The summed E-state index contributed by atoms with van der Waals surface area (Å²) in [6, 6.07) is 14.1. The van der Waals surface area contributed by atoms with Crippen LogP contribution in [0.5, 0.6) is 0 Å². The van der Waals surface area contributed by atoms with E-state index in [0.29, 0.717) is 23.0 Å². The molecule has 1 aliphatic rings. The van der Waals surface area contributed by atoms with Crippen molar-refractivity contribution < 1.29 is 9.18 Å².